The topological polar surface area (TPSA) is 111 Å². The van der Waals surface area contributed by atoms with Gasteiger partial charge in [-0.25, -0.2) is 14.1 Å². The maximum atomic E-state index is 9.55. The van der Waals surface area contributed by atoms with Crippen molar-refractivity contribution in [2.75, 3.05) is 59.5 Å². The number of piperidine rings is 1. The Morgan fingerprint density at radius 1 is 1.03 bits per heavy atom. The first-order valence-corrected chi connectivity index (χ1v) is 12.3. The second-order valence-electron chi connectivity index (χ2n) is 9.03. The fourth-order valence-electron chi connectivity index (χ4n) is 4.45. The molecule has 0 amide bonds. The molecule has 0 unspecified atom stereocenters. The Bertz CT molecular complexity index is 913. The third-order valence-electron chi connectivity index (χ3n) is 6.45. The van der Waals surface area contributed by atoms with E-state index in [1.807, 2.05) is 35.0 Å². The smallest absolute Gasteiger partial charge is 0.328 e. The van der Waals surface area contributed by atoms with E-state index < -0.39 is 11.9 Å². The number of fused-ring (bicyclic) bond motifs is 1. The maximum Gasteiger partial charge on any atom is 0.328 e. The van der Waals surface area contributed by atoms with Gasteiger partial charge in [0, 0.05) is 56.6 Å². The molecule has 0 aromatic carbocycles. The van der Waals surface area contributed by atoms with Gasteiger partial charge in [-0.1, -0.05) is 6.07 Å². The molecule has 2 aromatic rings. The number of ether oxygens (including phenoxy) is 1. The number of piperazine rings is 1. The number of carboxylic acid groups (broad SMARTS) is 2. The lowest BCUT2D eigenvalue weighted by atomic mass is 10.0. The Morgan fingerprint density at radius 3 is 2.34 bits per heavy atom. The van der Waals surface area contributed by atoms with E-state index in [1.54, 1.807) is 0 Å². The summed E-state index contributed by atoms with van der Waals surface area (Å²) >= 11 is 0. The van der Waals surface area contributed by atoms with E-state index in [9.17, 15) is 9.59 Å². The molecule has 0 spiro atoms. The van der Waals surface area contributed by atoms with Gasteiger partial charge < -0.3 is 24.7 Å². The van der Waals surface area contributed by atoms with E-state index in [2.05, 4.69) is 26.8 Å². The molecule has 192 valence electrons. The van der Waals surface area contributed by atoms with Gasteiger partial charge in [-0.3, -0.25) is 4.90 Å². The zero-order chi connectivity index (χ0) is 25.0. The van der Waals surface area contributed by atoms with Crippen molar-refractivity contribution in [2.24, 2.45) is 0 Å². The van der Waals surface area contributed by atoms with Crippen LogP contribution in [0.4, 0.5) is 0 Å². The molecule has 0 radical (unpaired) electrons. The van der Waals surface area contributed by atoms with Gasteiger partial charge in [0.15, 0.2) is 0 Å². The lowest BCUT2D eigenvalue weighted by molar-refractivity contribution is -0.134. The predicted octanol–water partition coefficient (Wildman–Crippen LogP) is 1.92. The summed E-state index contributed by atoms with van der Waals surface area (Å²) in [6, 6.07) is 8.87. The first-order valence-electron chi connectivity index (χ1n) is 12.3. The van der Waals surface area contributed by atoms with Gasteiger partial charge in [-0.05, 0) is 64.5 Å². The summed E-state index contributed by atoms with van der Waals surface area (Å²) in [6.45, 7) is 9.39. The zero-order valence-corrected chi connectivity index (χ0v) is 20.5. The van der Waals surface area contributed by atoms with E-state index in [0.717, 1.165) is 30.5 Å². The van der Waals surface area contributed by atoms with Gasteiger partial charge >= 0.3 is 11.9 Å². The minimum atomic E-state index is -1.26. The van der Waals surface area contributed by atoms with Gasteiger partial charge in [0.2, 0.25) is 5.88 Å². The summed E-state index contributed by atoms with van der Waals surface area (Å²) in [5.41, 5.74) is 1.08. The third kappa shape index (κ3) is 9.31. The number of unbranched alkanes of at least 4 members (excludes halogenated alkanes) is 1. The van der Waals surface area contributed by atoms with Crippen LogP contribution in [0.3, 0.4) is 0 Å². The van der Waals surface area contributed by atoms with E-state index in [1.165, 1.54) is 65.1 Å². The molecule has 2 N–H and O–H groups in total. The molecular formula is C25H37N5O5. The molecule has 4 rings (SSSR count). The van der Waals surface area contributed by atoms with Crippen molar-refractivity contribution in [3.63, 3.8) is 0 Å². The van der Waals surface area contributed by atoms with Crippen molar-refractivity contribution in [2.45, 2.75) is 31.7 Å². The molecule has 0 bridgehead atoms. The minimum Gasteiger partial charge on any atom is -0.478 e. The Kier molecular flexibility index (Phi) is 10.5. The maximum absolute atomic E-state index is 9.55. The second-order valence-corrected chi connectivity index (χ2v) is 9.03. The van der Waals surface area contributed by atoms with E-state index in [0.29, 0.717) is 12.2 Å². The minimum absolute atomic E-state index is 0.558. The zero-order valence-electron chi connectivity index (χ0n) is 20.5. The highest BCUT2D eigenvalue weighted by Crippen LogP contribution is 2.18. The summed E-state index contributed by atoms with van der Waals surface area (Å²) in [5.74, 6) is -1.78. The number of aliphatic carboxylic acids is 2. The van der Waals surface area contributed by atoms with Gasteiger partial charge in [-0.2, -0.15) is 0 Å². The number of likely N-dealkylation sites (tertiary alicyclic amines) is 1. The lowest BCUT2D eigenvalue weighted by Crippen LogP contribution is -2.52. The van der Waals surface area contributed by atoms with Gasteiger partial charge in [0.1, 0.15) is 0 Å². The fraction of sp³-hybridized carbons (Fsp3) is 0.560. The standard InChI is InChI=1S/C21H33N5O.C4H4O4/c1-23-11-7-19(8-12-23)25-15-13-24(14-16-25)9-4-5-17-27-21-18-20-6-2-3-10-26(20)22-21;5-3(6)1-2-4(7)8/h2-3,6,10,18-19H,4-5,7-9,11-17H2,1H3;1-2H,(H,5,6)(H,7,8)/b;2-1-. The van der Waals surface area contributed by atoms with E-state index >= 15 is 0 Å². The average Bonchev–Trinajstić information content (AvgIpc) is 3.27. The summed E-state index contributed by atoms with van der Waals surface area (Å²) in [5, 5.41) is 20.1. The molecule has 2 aromatic heterocycles. The number of rotatable bonds is 9. The van der Waals surface area contributed by atoms with Crippen molar-refractivity contribution in [3.05, 3.63) is 42.6 Å². The first-order chi connectivity index (χ1) is 16.9. The number of carboxylic acids is 2. The molecule has 2 saturated heterocycles. The van der Waals surface area contributed by atoms with Crippen LogP contribution in [0.5, 0.6) is 5.88 Å². The first kappa shape index (κ1) is 26.7. The largest absolute Gasteiger partial charge is 0.478 e. The van der Waals surface area contributed by atoms with Crippen LogP contribution in [0.25, 0.3) is 5.52 Å². The van der Waals surface area contributed by atoms with Crippen molar-refractivity contribution >= 4 is 17.5 Å². The Morgan fingerprint density at radius 2 is 1.71 bits per heavy atom. The van der Waals surface area contributed by atoms with Crippen LogP contribution in [-0.2, 0) is 9.59 Å². The van der Waals surface area contributed by atoms with Crippen molar-refractivity contribution in [3.8, 4) is 5.88 Å². The van der Waals surface area contributed by atoms with Crippen LogP contribution in [-0.4, -0.2) is 112 Å². The highest BCUT2D eigenvalue weighted by atomic mass is 16.5. The SMILES string of the molecule is CN1CCC(N2CCN(CCCCOc3cc4ccccn4n3)CC2)CC1.O=C(O)/C=C\C(=O)O. The molecule has 4 heterocycles. The molecule has 10 heteroatoms. The molecule has 2 aliphatic heterocycles. The van der Waals surface area contributed by atoms with Gasteiger partial charge in [-0.15, -0.1) is 5.10 Å². The third-order valence-corrected chi connectivity index (χ3v) is 6.45. The molecule has 2 aliphatic rings. The molecule has 0 aliphatic carbocycles. The van der Waals surface area contributed by atoms with Crippen molar-refractivity contribution in [1.29, 1.82) is 0 Å². The van der Waals surface area contributed by atoms with Crippen LogP contribution >= 0.6 is 0 Å². The monoisotopic (exact) mass is 487 g/mol. The highest BCUT2D eigenvalue weighted by molar-refractivity contribution is 5.89. The van der Waals surface area contributed by atoms with E-state index in [4.69, 9.17) is 14.9 Å². The van der Waals surface area contributed by atoms with E-state index in [-0.39, 0.29) is 0 Å². The number of nitrogens with zero attached hydrogens (tertiary/aromatic N) is 5. The molecular weight excluding hydrogens is 450 g/mol. The van der Waals surface area contributed by atoms with Crippen LogP contribution in [0.15, 0.2) is 42.6 Å². The predicted molar refractivity (Wildman–Crippen MR) is 133 cm³/mol. The van der Waals surface area contributed by atoms with Crippen molar-refractivity contribution < 1.29 is 24.5 Å². The average molecular weight is 488 g/mol. The second kappa shape index (κ2) is 13.8. The molecule has 2 fully saturated rings. The number of pyridine rings is 1. The number of hydrogen-bond donors (Lipinski definition) is 2. The van der Waals surface area contributed by atoms with Crippen LogP contribution < -0.4 is 4.74 Å². The lowest BCUT2D eigenvalue weighted by Gasteiger charge is -2.42. The molecule has 35 heavy (non-hydrogen) atoms. The summed E-state index contributed by atoms with van der Waals surface area (Å²) in [6.07, 6.45) is 8.04. The Balaban J connectivity index is 0.000000371. The molecule has 0 saturated carbocycles. The van der Waals surface area contributed by atoms with Crippen LogP contribution in [0.2, 0.25) is 0 Å². The summed E-state index contributed by atoms with van der Waals surface area (Å²) in [4.78, 5) is 26.9. The fourth-order valence-corrected chi connectivity index (χ4v) is 4.45. The Hall–Kier alpha value is -2.95. The molecule has 0 atom stereocenters. The highest BCUT2D eigenvalue weighted by Gasteiger charge is 2.26. The van der Waals surface area contributed by atoms with Crippen LogP contribution in [0, 0.1) is 0 Å². The van der Waals surface area contributed by atoms with Crippen molar-refractivity contribution in [1.82, 2.24) is 24.3 Å². The van der Waals surface area contributed by atoms with Gasteiger partial charge in [0.25, 0.3) is 0 Å². The summed E-state index contributed by atoms with van der Waals surface area (Å²) in [7, 11) is 2.24. The van der Waals surface area contributed by atoms with Gasteiger partial charge in [0.05, 0.1) is 12.1 Å². The summed E-state index contributed by atoms with van der Waals surface area (Å²) < 4.78 is 7.68. The number of aromatic nitrogens is 2. The van der Waals surface area contributed by atoms with Crippen LogP contribution in [0.1, 0.15) is 25.7 Å². The molecule has 10 nitrogen and oxygen atoms in total. The number of hydrogen-bond acceptors (Lipinski definition) is 7. The number of carbonyl (C=O) groups is 2. The normalized spacial score (nSPS) is 18.4. The Labute approximate surface area is 206 Å². The quantitative estimate of drug-likeness (QED) is 0.405.